The standard InChI is InChI=1S/C22H26N2O5/c1-15-13-26-11-9-25-10-12-27-14-16(2)29-20-8-4-6-18-22(20)24-21-17(23-18)5-3-7-19(21)28-15/h3-8,15-16H,9-14H2,1-2H3/t15-,16-/m0/s1. The first-order valence-corrected chi connectivity index (χ1v) is 9.97. The molecule has 0 fully saturated rings. The number of aromatic nitrogens is 2. The summed E-state index contributed by atoms with van der Waals surface area (Å²) in [6, 6.07) is 11.5. The summed E-state index contributed by atoms with van der Waals surface area (Å²) in [6.45, 7) is 6.92. The highest BCUT2D eigenvalue weighted by Crippen LogP contribution is 2.30. The highest BCUT2D eigenvalue weighted by molar-refractivity contribution is 5.92. The van der Waals surface area contributed by atoms with Crippen molar-refractivity contribution in [1.82, 2.24) is 9.97 Å². The van der Waals surface area contributed by atoms with Gasteiger partial charge in [0.05, 0.1) is 50.7 Å². The Balaban J connectivity index is 1.71. The molecule has 0 saturated carbocycles. The molecule has 0 saturated heterocycles. The second-order valence-corrected chi connectivity index (χ2v) is 7.09. The van der Waals surface area contributed by atoms with E-state index in [1.165, 1.54) is 0 Å². The molecule has 0 amide bonds. The predicted octanol–water partition coefficient (Wildman–Crippen LogP) is 3.38. The first-order valence-electron chi connectivity index (χ1n) is 9.97. The normalized spacial score (nSPS) is 22.1. The maximum Gasteiger partial charge on any atom is 0.147 e. The van der Waals surface area contributed by atoms with Gasteiger partial charge in [0.15, 0.2) is 0 Å². The third kappa shape index (κ3) is 4.93. The molecule has 2 heterocycles. The highest BCUT2D eigenvalue weighted by atomic mass is 16.6. The van der Waals surface area contributed by atoms with Gasteiger partial charge in [-0.05, 0) is 38.1 Å². The van der Waals surface area contributed by atoms with Crippen LogP contribution in [-0.4, -0.2) is 61.8 Å². The zero-order valence-corrected chi connectivity index (χ0v) is 16.8. The SMILES string of the molecule is C[C@H]1COCCOCCOC[C@H](C)Oc2cccc3nc4cccc(c4nc23)O1. The Morgan fingerprint density at radius 1 is 0.655 bits per heavy atom. The fraction of sp³-hybridized carbons (Fsp3) is 0.455. The molecule has 0 spiro atoms. The molecular weight excluding hydrogens is 372 g/mol. The maximum absolute atomic E-state index is 6.11. The summed E-state index contributed by atoms with van der Waals surface area (Å²) in [4.78, 5) is 9.62. The predicted molar refractivity (Wildman–Crippen MR) is 110 cm³/mol. The van der Waals surface area contributed by atoms with Crippen molar-refractivity contribution in [1.29, 1.82) is 0 Å². The molecule has 2 bridgehead atoms. The van der Waals surface area contributed by atoms with Crippen molar-refractivity contribution in [2.24, 2.45) is 0 Å². The van der Waals surface area contributed by atoms with E-state index in [0.29, 0.717) is 62.2 Å². The first kappa shape index (κ1) is 19.8. The average molecular weight is 398 g/mol. The zero-order chi connectivity index (χ0) is 20.1. The van der Waals surface area contributed by atoms with Crippen molar-refractivity contribution in [2.45, 2.75) is 26.1 Å². The summed E-state index contributed by atoms with van der Waals surface area (Å²) < 4.78 is 29.1. The smallest absolute Gasteiger partial charge is 0.147 e. The maximum atomic E-state index is 6.11. The van der Waals surface area contributed by atoms with Gasteiger partial charge in [-0.15, -0.1) is 0 Å². The molecule has 1 aliphatic rings. The van der Waals surface area contributed by atoms with Gasteiger partial charge < -0.3 is 23.7 Å². The Hall–Kier alpha value is -2.48. The van der Waals surface area contributed by atoms with Crippen LogP contribution in [0.25, 0.3) is 22.1 Å². The molecule has 2 atom stereocenters. The summed E-state index contributed by atoms with van der Waals surface area (Å²) in [6.07, 6.45) is -0.265. The lowest BCUT2D eigenvalue weighted by Crippen LogP contribution is -2.22. The van der Waals surface area contributed by atoms with Gasteiger partial charge in [0.1, 0.15) is 34.7 Å². The topological polar surface area (TPSA) is 71.9 Å². The molecule has 154 valence electrons. The van der Waals surface area contributed by atoms with Crippen molar-refractivity contribution < 1.29 is 23.7 Å². The van der Waals surface area contributed by atoms with Crippen molar-refractivity contribution >= 4 is 22.1 Å². The summed E-state index contributed by atoms with van der Waals surface area (Å²) in [5.41, 5.74) is 2.96. The van der Waals surface area contributed by atoms with Gasteiger partial charge in [0.2, 0.25) is 0 Å². The molecule has 4 rings (SSSR count). The second-order valence-electron chi connectivity index (χ2n) is 7.09. The molecule has 1 aromatic heterocycles. The molecule has 1 aliphatic heterocycles. The van der Waals surface area contributed by atoms with Gasteiger partial charge in [-0.2, -0.15) is 0 Å². The number of rotatable bonds is 0. The van der Waals surface area contributed by atoms with Gasteiger partial charge in [0, 0.05) is 0 Å². The number of ether oxygens (including phenoxy) is 5. The Morgan fingerprint density at radius 3 is 1.66 bits per heavy atom. The molecule has 0 radical (unpaired) electrons. The van der Waals surface area contributed by atoms with Crippen molar-refractivity contribution in [2.75, 3.05) is 39.6 Å². The minimum Gasteiger partial charge on any atom is -0.486 e. The third-order valence-corrected chi connectivity index (χ3v) is 4.53. The first-order chi connectivity index (χ1) is 14.2. The lowest BCUT2D eigenvalue weighted by molar-refractivity contribution is -0.0114. The minimum absolute atomic E-state index is 0.133. The molecule has 29 heavy (non-hydrogen) atoms. The Kier molecular flexibility index (Phi) is 6.39. The van der Waals surface area contributed by atoms with E-state index in [2.05, 4.69) is 0 Å². The summed E-state index contributed by atoms with van der Waals surface area (Å²) in [5, 5.41) is 0. The molecule has 0 N–H and O–H groups in total. The van der Waals surface area contributed by atoms with Gasteiger partial charge >= 0.3 is 0 Å². The second kappa shape index (κ2) is 9.35. The van der Waals surface area contributed by atoms with Gasteiger partial charge in [0.25, 0.3) is 0 Å². The van der Waals surface area contributed by atoms with Crippen molar-refractivity contribution in [3.05, 3.63) is 36.4 Å². The Labute approximate surface area is 169 Å². The van der Waals surface area contributed by atoms with Crippen LogP contribution in [0.4, 0.5) is 0 Å². The Morgan fingerprint density at radius 2 is 1.14 bits per heavy atom. The average Bonchev–Trinajstić information content (AvgIpc) is 2.71. The van der Waals surface area contributed by atoms with E-state index in [0.717, 1.165) is 11.0 Å². The van der Waals surface area contributed by atoms with Crippen molar-refractivity contribution in [3.63, 3.8) is 0 Å². The summed E-state index contributed by atoms with van der Waals surface area (Å²) in [7, 11) is 0. The van der Waals surface area contributed by atoms with E-state index in [9.17, 15) is 0 Å². The van der Waals surface area contributed by atoms with Crippen LogP contribution in [-0.2, 0) is 14.2 Å². The lowest BCUT2D eigenvalue weighted by atomic mass is 10.2. The Bertz CT molecular complexity index is 891. The number of hydrogen-bond donors (Lipinski definition) is 0. The van der Waals surface area contributed by atoms with Crippen LogP contribution in [0, 0.1) is 0 Å². The molecule has 0 unspecified atom stereocenters. The molecule has 2 aromatic carbocycles. The summed E-state index contributed by atoms with van der Waals surface area (Å²) in [5.74, 6) is 1.35. The van der Waals surface area contributed by atoms with Gasteiger partial charge in [-0.25, -0.2) is 9.97 Å². The van der Waals surface area contributed by atoms with E-state index in [-0.39, 0.29) is 12.2 Å². The fourth-order valence-corrected chi connectivity index (χ4v) is 3.20. The number of hydrogen-bond acceptors (Lipinski definition) is 7. The monoisotopic (exact) mass is 398 g/mol. The van der Waals surface area contributed by atoms with Crippen molar-refractivity contribution in [3.8, 4) is 11.5 Å². The molecule has 7 heteroatoms. The zero-order valence-electron chi connectivity index (χ0n) is 16.8. The van der Waals surface area contributed by atoms with E-state index in [4.69, 9.17) is 33.7 Å². The lowest BCUT2D eigenvalue weighted by Gasteiger charge is -2.18. The minimum atomic E-state index is -0.133. The summed E-state index contributed by atoms with van der Waals surface area (Å²) >= 11 is 0. The highest BCUT2D eigenvalue weighted by Gasteiger charge is 2.15. The van der Waals surface area contributed by atoms with E-state index in [1.807, 2.05) is 50.2 Å². The van der Waals surface area contributed by atoms with Gasteiger partial charge in [-0.3, -0.25) is 0 Å². The van der Waals surface area contributed by atoms with Crippen LogP contribution < -0.4 is 9.47 Å². The van der Waals surface area contributed by atoms with E-state index >= 15 is 0 Å². The van der Waals surface area contributed by atoms with Crippen LogP contribution in [0.5, 0.6) is 11.5 Å². The molecule has 3 aromatic rings. The number of para-hydroxylation sites is 2. The number of nitrogens with zero attached hydrogens (tertiary/aromatic N) is 2. The third-order valence-electron chi connectivity index (χ3n) is 4.53. The quantitative estimate of drug-likeness (QED) is 0.538. The molecular formula is C22H26N2O5. The largest absolute Gasteiger partial charge is 0.486 e. The number of benzene rings is 2. The molecule has 7 nitrogen and oxygen atoms in total. The van der Waals surface area contributed by atoms with Crippen LogP contribution in [0.1, 0.15) is 13.8 Å². The fourth-order valence-electron chi connectivity index (χ4n) is 3.20. The van der Waals surface area contributed by atoms with E-state index < -0.39 is 0 Å². The van der Waals surface area contributed by atoms with E-state index in [1.54, 1.807) is 0 Å². The molecule has 0 aliphatic carbocycles. The van der Waals surface area contributed by atoms with Crippen LogP contribution in [0.3, 0.4) is 0 Å². The van der Waals surface area contributed by atoms with Crippen LogP contribution in [0.2, 0.25) is 0 Å². The van der Waals surface area contributed by atoms with Crippen LogP contribution in [0.15, 0.2) is 36.4 Å². The van der Waals surface area contributed by atoms with Gasteiger partial charge in [-0.1, -0.05) is 12.1 Å². The van der Waals surface area contributed by atoms with Crippen LogP contribution >= 0.6 is 0 Å².